The van der Waals surface area contributed by atoms with Crippen molar-refractivity contribution in [3.8, 4) is 17.2 Å². The van der Waals surface area contributed by atoms with E-state index in [9.17, 15) is 9.59 Å². The van der Waals surface area contributed by atoms with E-state index in [2.05, 4.69) is 12.1 Å². The van der Waals surface area contributed by atoms with Crippen LogP contribution in [0.3, 0.4) is 0 Å². The predicted molar refractivity (Wildman–Crippen MR) is 115 cm³/mol. The van der Waals surface area contributed by atoms with Gasteiger partial charge in [-0.25, -0.2) is 0 Å². The van der Waals surface area contributed by atoms with Crippen LogP contribution in [0.2, 0.25) is 0 Å². The summed E-state index contributed by atoms with van der Waals surface area (Å²) < 4.78 is 18.7. The smallest absolute Gasteiger partial charge is 0.358 e. The maximum atomic E-state index is 12.7. The number of nitrogens with zero attached hydrogens (tertiary/aromatic N) is 1. The quantitative estimate of drug-likeness (QED) is 0.309. The molecule has 1 aliphatic heterocycles. The Labute approximate surface area is 197 Å². The first-order chi connectivity index (χ1) is 15.5. The van der Waals surface area contributed by atoms with Gasteiger partial charge in [0, 0.05) is 18.2 Å². The molecule has 0 aromatic heterocycles. The van der Waals surface area contributed by atoms with Gasteiger partial charge in [0.25, 0.3) is 11.8 Å². The molecule has 0 atom stereocenters. The van der Waals surface area contributed by atoms with Crippen molar-refractivity contribution in [1.82, 2.24) is 4.90 Å². The number of ether oxygens (including phenoxy) is 3. The molecule has 0 saturated heterocycles. The van der Waals surface area contributed by atoms with Crippen molar-refractivity contribution in [1.29, 1.82) is 0 Å². The number of halogens is 1. The van der Waals surface area contributed by atoms with E-state index in [0.29, 0.717) is 35.6 Å². The standard InChI is InChI=1S/C25H23INO5/c1-30-18-10-8-17(9-11-18)26-21-15-23(32-3)22(31-2)14-16(21)12-13-27-24(28)19-6-4-5-7-20(19)25(27)29/h4-11,14-15H,12-13H2,1-3H3/q+1. The number of carbonyl (C=O) groups excluding carboxylic acids is 2. The number of fused-ring (bicyclic) bond motifs is 1. The van der Waals surface area contributed by atoms with E-state index in [0.717, 1.165) is 14.9 Å². The minimum Gasteiger partial charge on any atom is -0.497 e. The molecule has 1 heterocycles. The summed E-state index contributed by atoms with van der Waals surface area (Å²) in [5.41, 5.74) is 1.98. The largest absolute Gasteiger partial charge is 0.497 e. The molecular formula is C25H23INO5+. The van der Waals surface area contributed by atoms with Gasteiger partial charge >= 0.3 is 21.2 Å². The Morgan fingerprint density at radius 3 is 1.94 bits per heavy atom. The molecule has 6 nitrogen and oxygen atoms in total. The van der Waals surface area contributed by atoms with Crippen LogP contribution in [0.1, 0.15) is 26.3 Å². The van der Waals surface area contributed by atoms with Gasteiger partial charge in [0.05, 0.1) is 32.5 Å². The zero-order chi connectivity index (χ0) is 22.7. The van der Waals surface area contributed by atoms with E-state index in [-0.39, 0.29) is 11.8 Å². The van der Waals surface area contributed by atoms with Crippen molar-refractivity contribution in [2.24, 2.45) is 0 Å². The maximum Gasteiger partial charge on any atom is 0.358 e. The van der Waals surface area contributed by atoms with Crippen LogP contribution in [0, 0.1) is 7.14 Å². The van der Waals surface area contributed by atoms with Gasteiger partial charge in [-0.3, -0.25) is 14.5 Å². The Hall–Kier alpha value is -3.07. The second kappa shape index (κ2) is 9.60. The Bertz CT molecular complexity index is 1120. The number of hydrogen-bond donors (Lipinski definition) is 0. The monoisotopic (exact) mass is 544 g/mol. The molecule has 0 bridgehead atoms. The molecule has 0 aliphatic carbocycles. The highest BCUT2D eigenvalue weighted by atomic mass is 127. The second-order valence-corrected chi connectivity index (χ2v) is 10.1. The fraction of sp³-hybridized carbons (Fsp3) is 0.200. The summed E-state index contributed by atoms with van der Waals surface area (Å²) in [7, 11) is 4.87. The zero-order valence-electron chi connectivity index (χ0n) is 18.1. The van der Waals surface area contributed by atoms with Crippen LogP contribution >= 0.6 is 0 Å². The van der Waals surface area contributed by atoms with E-state index in [1.165, 1.54) is 8.47 Å². The Morgan fingerprint density at radius 2 is 1.38 bits per heavy atom. The summed E-state index contributed by atoms with van der Waals surface area (Å²) in [4.78, 5) is 26.8. The molecule has 0 N–H and O–H groups in total. The zero-order valence-corrected chi connectivity index (χ0v) is 20.2. The van der Waals surface area contributed by atoms with Gasteiger partial charge in [0.2, 0.25) is 3.57 Å². The van der Waals surface area contributed by atoms with Crippen molar-refractivity contribution in [3.05, 3.63) is 84.5 Å². The van der Waals surface area contributed by atoms with Crippen LogP contribution in [0.25, 0.3) is 0 Å². The number of rotatable bonds is 8. The average molecular weight is 544 g/mol. The number of benzene rings is 3. The lowest BCUT2D eigenvalue weighted by Crippen LogP contribution is -3.61. The van der Waals surface area contributed by atoms with Gasteiger partial charge in [0.1, 0.15) is 5.75 Å². The van der Waals surface area contributed by atoms with Gasteiger partial charge in [-0.1, -0.05) is 12.1 Å². The first-order valence-corrected chi connectivity index (χ1v) is 12.2. The molecule has 0 fully saturated rings. The normalized spacial score (nSPS) is 12.7. The first kappa shape index (κ1) is 22.1. The molecule has 0 saturated carbocycles. The molecule has 2 amide bonds. The lowest BCUT2D eigenvalue weighted by Gasteiger charge is -2.15. The molecule has 1 aliphatic rings. The van der Waals surface area contributed by atoms with Crippen LogP contribution in [0.5, 0.6) is 17.2 Å². The molecule has 164 valence electrons. The fourth-order valence-corrected chi connectivity index (χ4v) is 6.20. The lowest BCUT2D eigenvalue weighted by atomic mass is 10.1. The summed E-state index contributed by atoms with van der Waals surface area (Å²) in [5.74, 6) is 1.64. The molecule has 3 aromatic carbocycles. The second-order valence-electron chi connectivity index (χ2n) is 7.11. The van der Waals surface area contributed by atoms with E-state index in [1.54, 1.807) is 45.6 Å². The van der Waals surface area contributed by atoms with E-state index in [4.69, 9.17) is 14.2 Å². The molecular weight excluding hydrogens is 521 g/mol. The number of carbonyl (C=O) groups is 2. The topological polar surface area (TPSA) is 65.1 Å². The lowest BCUT2D eigenvalue weighted by molar-refractivity contribution is -0.598. The van der Waals surface area contributed by atoms with Crippen molar-refractivity contribution in [2.45, 2.75) is 6.42 Å². The van der Waals surface area contributed by atoms with Crippen molar-refractivity contribution in [2.75, 3.05) is 27.9 Å². The van der Waals surface area contributed by atoms with Crippen molar-refractivity contribution >= 4 is 11.8 Å². The van der Waals surface area contributed by atoms with E-state index < -0.39 is 21.2 Å². The highest BCUT2D eigenvalue weighted by Crippen LogP contribution is 2.29. The molecule has 7 heteroatoms. The third-order valence-electron chi connectivity index (χ3n) is 5.30. The van der Waals surface area contributed by atoms with Crippen LogP contribution in [0.15, 0.2) is 60.7 Å². The van der Waals surface area contributed by atoms with Crippen molar-refractivity contribution < 1.29 is 45.0 Å². The van der Waals surface area contributed by atoms with Crippen LogP contribution in [-0.2, 0) is 6.42 Å². The fourth-order valence-electron chi connectivity index (χ4n) is 3.60. The van der Waals surface area contributed by atoms with Gasteiger partial charge < -0.3 is 14.2 Å². The number of imide groups is 1. The minimum absolute atomic E-state index is 0.238. The molecule has 0 unspecified atom stereocenters. The third-order valence-corrected chi connectivity index (χ3v) is 8.22. The Kier molecular flexibility index (Phi) is 6.64. The van der Waals surface area contributed by atoms with Gasteiger partial charge in [-0.2, -0.15) is 0 Å². The van der Waals surface area contributed by atoms with Gasteiger partial charge in [-0.15, -0.1) is 0 Å². The van der Waals surface area contributed by atoms with Crippen LogP contribution in [0.4, 0.5) is 0 Å². The highest BCUT2D eigenvalue weighted by molar-refractivity contribution is 6.21. The SMILES string of the molecule is COc1ccc([I+]c2cc(OC)c(OC)cc2CCN2C(=O)c3ccccc3C2=O)cc1. The Balaban J connectivity index is 1.60. The summed E-state index contributed by atoms with van der Waals surface area (Å²) in [6, 6.07) is 19.0. The number of amides is 2. The van der Waals surface area contributed by atoms with Gasteiger partial charge in [0.15, 0.2) is 15.1 Å². The van der Waals surface area contributed by atoms with Crippen LogP contribution < -0.4 is 35.4 Å². The molecule has 32 heavy (non-hydrogen) atoms. The van der Waals surface area contributed by atoms with E-state index >= 15 is 0 Å². The molecule has 3 aromatic rings. The predicted octanol–water partition coefficient (Wildman–Crippen LogP) is 0.680. The van der Waals surface area contributed by atoms with E-state index in [1.807, 2.05) is 24.3 Å². The minimum atomic E-state index is -0.527. The molecule has 0 spiro atoms. The summed E-state index contributed by atoms with van der Waals surface area (Å²) >= 11 is -0.527. The summed E-state index contributed by atoms with van der Waals surface area (Å²) in [6.45, 7) is 0.307. The number of hydrogen-bond acceptors (Lipinski definition) is 5. The number of methoxy groups -OCH3 is 3. The maximum absolute atomic E-state index is 12.7. The van der Waals surface area contributed by atoms with Gasteiger partial charge in [-0.05, 0) is 48.9 Å². The van der Waals surface area contributed by atoms with Crippen molar-refractivity contribution in [3.63, 3.8) is 0 Å². The first-order valence-electron chi connectivity index (χ1n) is 10.0. The highest BCUT2D eigenvalue weighted by Gasteiger charge is 2.35. The summed E-state index contributed by atoms with van der Waals surface area (Å²) in [6.07, 6.45) is 0.539. The molecule has 4 rings (SSSR count). The third kappa shape index (κ3) is 4.29. The molecule has 0 radical (unpaired) electrons. The summed E-state index contributed by atoms with van der Waals surface area (Å²) in [5, 5.41) is 0. The van der Waals surface area contributed by atoms with Crippen LogP contribution in [-0.4, -0.2) is 44.6 Å². The Morgan fingerprint density at radius 1 is 0.781 bits per heavy atom. The average Bonchev–Trinajstić information content (AvgIpc) is 3.08.